The molecule has 15 heavy (non-hydrogen) atoms. The average molecular weight is 216 g/mol. The summed E-state index contributed by atoms with van der Waals surface area (Å²) in [6.07, 6.45) is 2.19. The van der Waals surface area contributed by atoms with Crippen molar-refractivity contribution in [3.05, 3.63) is 0 Å². The van der Waals surface area contributed by atoms with Crippen LogP contribution in [0.25, 0.3) is 0 Å². The lowest BCUT2D eigenvalue weighted by atomic mass is 10.1. The van der Waals surface area contributed by atoms with Gasteiger partial charge in [0, 0.05) is 13.1 Å². The molecule has 1 amide bonds. The largest absolute Gasteiger partial charge is 0.450 e. The van der Waals surface area contributed by atoms with Crippen molar-refractivity contribution in [3.8, 4) is 0 Å². The summed E-state index contributed by atoms with van der Waals surface area (Å²) in [5.41, 5.74) is 0. The van der Waals surface area contributed by atoms with Crippen LogP contribution in [0.15, 0.2) is 0 Å². The molecule has 1 atom stereocenters. The molecule has 88 valence electrons. The van der Waals surface area contributed by atoms with Crippen molar-refractivity contribution in [1.82, 2.24) is 10.6 Å². The molecule has 1 fully saturated rings. The Balaban J connectivity index is 1.93. The smallest absolute Gasteiger partial charge is 0.407 e. The minimum absolute atomic E-state index is 0.294. The second kappa shape index (κ2) is 7.48. The van der Waals surface area contributed by atoms with Crippen LogP contribution in [-0.2, 0) is 9.47 Å². The Bertz CT molecular complexity index is 182. The average Bonchev–Trinajstić information content (AvgIpc) is 2.26. The van der Waals surface area contributed by atoms with E-state index in [1.54, 1.807) is 6.92 Å². The first-order valence-electron chi connectivity index (χ1n) is 5.56. The van der Waals surface area contributed by atoms with Gasteiger partial charge in [-0.2, -0.15) is 0 Å². The van der Waals surface area contributed by atoms with Gasteiger partial charge in [-0.15, -0.1) is 0 Å². The number of ether oxygens (including phenoxy) is 2. The van der Waals surface area contributed by atoms with Crippen molar-refractivity contribution in [1.29, 1.82) is 0 Å². The summed E-state index contributed by atoms with van der Waals surface area (Å²) in [4.78, 5) is 10.9. The van der Waals surface area contributed by atoms with E-state index in [1.807, 2.05) is 0 Å². The van der Waals surface area contributed by atoms with Crippen LogP contribution in [0.2, 0.25) is 0 Å². The van der Waals surface area contributed by atoms with E-state index in [-0.39, 0.29) is 6.09 Å². The minimum atomic E-state index is -0.372. The van der Waals surface area contributed by atoms with E-state index in [4.69, 9.17) is 9.47 Å². The number of carbonyl (C=O) groups excluding carboxylic acids is 1. The molecular formula is C10H20N2O3. The third-order valence-corrected chi connectivity index (χ3v) is 2.25. The van der Waals surface area contributed by atoms with Gasteiger partial charge in [-0.25, -0.2) is 4.79 Å². The maximum absolute atomic E-state index is 10.9. The number of amides is 1. The van der Waals surface area contributed by atoms with Gasteiger partial charge in [0.05, 0.1) is 19.3 Å². The molecule has 0 spiro atoms. The second-order valence-corrected chi connectivity index (χ2v) is 3.49. The number of hydrogen-bond donors (Lipinski definition) is 2. The molecule has 0 radical (unpaired) electrons. The van der Waals surface area contributed by atoms with Crippen molar-refractivity contribution in [2.75, 3.05) is 32.8 Å². The highest BCUT2D eigenvalue weighted by Gasteiger charge is 2.12. The quantitative estimate of drug-likeness (QED) is 0.657. The number of rotatable bonds is 5. The summed E-state index contributed by atoms with van der Waals surface area (Å²) in [6, 6.07) is 0. The number of alkyl carbamates (subject to hydrolysis) is 1. The van der Waals surface area contributed by atoms with Gasteiger partial charge in [-0.05, 0) is 26.3 Å². The van der Waals surface area contributed by atoms with Crippen LogP contribution in [-0.4, -0.2) is 45.0 Å². The van der Waals surface area contributed by atoms with Crippen LogP contribution in [0.4, 0.5) is 4.79 Å². The fourth-order valence-corrected chi connectivity index (χ4v) is 1.52. The first-order chi connectivity index (χ1) is 7.33. The van der Waals surface area contributed by atoms with Crippen molar-refractivity contribution in [2.45, 2.75) is 25.9 Å². The molecule has 0 aliphatic carbocycles. The normalized spacial score (nSPS) is 21.0. The summed E-state index contributed by atoms with van der Waals surface area (Å²) in [5.74, 6) is 0. The molecule has 1 aliphatic heterocycles. The van der Waals surface area contributed by atoms with Gasteiger partial charge < -0.3 is 20.1 Å². The summed E-state index contributed by atoms with van der Waals surface area (Å²) in [6.45, 7) is 5.24. The summed E-state index contributed by atoms with van der Waals surface area (Å²) in [5, 5.41) is 5.88. The maximum Gasteiger partial charge on any atom is 0.407 e. The molecule has 5 heteroatoms. The fourth-order valence-electron chi connectivity index (χ4n) is 1.52. The van der Waals surface area contributed by atoms with Crippen LogP contribution < -0.4 is 10.6 Å². The Hall–Kier alpha value is -0.810. The highest BCUT2D eigenvalue weighted by molar-refractivity contribution is 5.66. The molecule has 1 heterocycles. The van der Waals surface area contributed by atoms with Gasteiger partial charge in [0.1, 0.15) is 0 Å². The molecule has 0 bridgehead atoms. The van der Waals surface area contributed by atoms with Crippen LogP contribution >= 0.6 is 0 Å². The van der Waals surface area contributed by atoms with Gasteiger partial charge in [-0.3, -0.25) is 0 Å². The molecule has 2 N–H and O–H groups in total. The maximum atomic E-state index is 10.9. The fraction of sp³-hybridized carbons (Fsp3) is 0.900. The van der Waals surface area contributed by atoms with Crippen LogP contribution in [0.5, 0.6) is 0 Å². The zero-order valence-corrected chi connectivity index (χ0v) is 9.25. The van der Waals surface area contributed by atoms with Gasteiger partial charge in [0.15, 0.2) is 0 Å². The number of piperidine rings is 1. The van der Waals surface area contributed by atoms with Gasteiger partial charge in [0.2, 0.25) is 0 Å². The molecule has 0 aromatic carbocycles. The lowest BCUT2D eigenvalue weighted by Gasteiger charge is -2.22. The van der Waals surface area contributed by atoms with Crippen molar-refractivity contribution in [3.63, 3.8) is 0 Å². The van der Waals surface area contributed by atoms with Crippen LogP contribution in [0.3, 0.4) is 0 Å². The van der Waals surface area contributed by atoms with E-state index in [1.165, 1.54) is 0 Å². The molecule has 1 saturated heterocycles. The van der Waals surface area contributed by atoms with E-state index in [9.17, 15) is 4.79 Å². The van der Waals surface area contributed by atoms with Crippen molar-refractivity contribution < 1.29 is 14.3 Å². The molecule has 0 unspecified atom stereocenters. The lowest BCUT2D eigenvalue weighted by Crippen LogP contribution is -2.37. The summed E-state index contributed by atoms with van der Waals surface area (Å²) < 4.78 is 10.3. The second-order valence-electron chi connectivity index (χ2n) is 3.49. The SMILES string of the molecule is CCOC(=O)NCCO[C@H]1CCCNC1. The van der Waals surface area contributed by atoms with E-state index in [2.05, 4.69) is 10.6 Å². The Morgan fingerprint density at radius 2 is 2.47 bits per heavy atom. The van der Waals surface area contributed by atoms with E-state index in [0.717, 1.165) is 25.9 Å². The molecular weight excluding hydrogens is 196 g/mol. The summed E-state index contributed by atoms with van der Waals surface area (Å²) >= 11 is 0. The Morgan fingerprint density at radius 3 is 3.13 bits per heavy atom. The standard InChI is InChI=1S/C10H20N2O3/c1-2-14-10(13)12-6-7-15-9-4-3-5-11-8-9/h9,11H,2-8H2,1H3,(H,12,13)/t9-/m0/s1. The lowest BCUT2D eigenvalue weighted by molar-refractivity contribution is 0.0383. The monoisotopic (exact) mass is 216 g/mol. The number of hydrogen-bond acceptors (Lipinski definition) is 4. The number of carbonyl (C=O) groups is 1. The van der Waals surface area contributed by atoms with Gasteiger partial charge >= 0.3 is 6.09 Å². The highest BCUT2D eigenvalue weighted by Crippen LogP contribution is 2.04. The van der Waals surface area contributed by atoms with Crippen molar-refractivity contribution in [2.24, 2.45) is 0 Å². The molecule has 1 rings (SSSR count). The Morgan fingerprint density at radius 1 is 1.60 bits per heavy atom. The Kier molecular flexibility index (Phi) is 6.11. The first kappa shape index (κ1) is 12.3. The highest BCUT2D eigenvalue weighted by atomic mass is 16.5. The van der Waals surface area contributed by atoms with E-state index < -0.39 is 0 Å². The van der Waals surface area contributed by atoms with Crippen LogP contribution in [0.1, 0.15) is 19.8 Å². The third-order valence-electron chi connectivity index (χ3n) is 2.25. The number of nitrogens with one attached hydrogen (secondary N) is 2. The predicted molar refractivity (Wildman–Crippen MR) is 56.9 cm³/mol. The van der Waals surface area contributed by atoms with Gasteiger partial charge in [-0.1, -0.05) is 0 Å². The zero-order valence-electron chi connectivity index (χ0n) is 9.25. The van der Waals surface area contributed by atoms with E-state index >= 15 is 0 Å². The minimum Gasteiger partial charge on any atom is -0.450 e. The first-order valence-corrected chi connectivity index (χ1v) is 5.56. The zero-order chi connectivity index (χ0) is 10.9. The van der Waals surface area contributed by atoms with Crippen LogP contribution in [0, 0.1) is 0 Å². The Labute approximate surface area is 90.5 Å². The molecule has 0 saturated carbocycles. The van der Waals surface area contributed by atoms with Crippen molar-refractivity contribution >= 4 is 6.09 Å². The molecule has 0 aromatic heterocycles. The third kappa shape index (κ3) is 5.59. The molecule has 0 aromatic rings. The topological polar surface area (TPSA) is 59.6 Å². The van der Waals surface area contributed by atoms with Gasteiger partial charge in [0.25, 0.3) is 0 Å². The summed E-state index contributed by atoms with van der Waals surface area (Å²) in [7, 11) is 0. The van der Waals surface area contributed by atoms with E-state index in [0.29, 0.717) is 25.9 Å². The predicted octanol–water partition coefficient (Wildman–Crippen LogP) is 0.501. The molecule has 1 aliphatic rings. The molecule has 5 nitrogen and oxygen atoms in total.